The van der Waals surface area contributed by atoms with E-state index < -0.39 is 5.91 Å². The summed E-state index contributed by atoms with van der Waals surface area (Å²) in [5.41, 5.74) is 8.50. The molecule has 1 aliphatic heterocycles. The molecule has 0 spiro atoms. The maximum atomic E-state index is 13.0. The number of aromatic amines is 1. The molecule has 146 valence electrons. The number of hydrogen-bond donors (Lipinski definition) is 2. The highest BCUT2D eigenvalue weighted by atomic mass is 16.1. The summed E-state index contributed by atoms with van der Waals surface area (Å²) < 4.78 is 1.76. The number of aromatic nitrogens is 3. The van der Waals surface area contributed by atoms with E-state index in [1.54, 1.807) is 17.0 Å². The van der Waals surface area contributed by atoms with Crippen LogP contribution in [0, 0.1) is 0 Å². The van der Waals surface area contributed by atoms with Gasteiger partial charge in [-0.3, -0.25) is 14.2 Å². The number of benzene rings is 2. The number of fused-ring (bicyclic) bond motifs is 2. The molecular formula is C22H21N5O2. The summed E-state index contributed by atoms with van der Waals surface area (Å²) in [6, 6.07) is 13.2. The Morgan fingerprint density at radius 1 is 1.14 bits per heavy atom. The first-order chi connectivity index (χ1) is 14.1. The van der Waals surface area contributed by atoms with Gasteiger partial charge in [-0.25, -0.2) is 4.98 Å². The third-order valence-corrected chi connectivity index (χ3v) is 5.79. The minimum absolute atomic E-state index is 0.00156. The number of piperidine rings is 1. The van der Waals surface area contributed by atoms with Gasteiger partial charge >= 0.3 is 0 Å². The number of H-pyrrole nitrogens is 1. The molecule has 29 heavy (non-hydrogen) atoms. The van der Waals surface area contributed by atoms with E-state index in [0.717, 1.165) is 41.5 Å². The molecule has 5 rings (SSSR count). The van der Waals surface area contributed by atoms with Crippen molar-refractivity contribution in [2.75, 3.05) is 18.0 Å². The van der Waals surface area contributed by atoms with Crippen LogP contribution < -0.4 is 16.2 Å². The second kappa shape index (κ2) is 6.77. The Balaban J connectivity index is 1.52. The lowest BCUT2D eigenvalue weighted by molar-refractivity contribution is 0.100. The molecule has 7 heteroatoms. The molecule has 3 heterocycles. The average Bonchev–Trinajstić information content (AvgIpc) is 3.23. The minimum atomic E-state index is -0.450. The van der Waals surface area contributed by atoms with Crippen LogP contribution in [0.25, 0.3) is 21.8 Å². The summed E-state index contributed by atoms with van der Waals surface area (Å²) in [4.78, 5) is 34.6. The predicted octanol–water partition coefficient (Wildman–Crippen LogP) is 2.82. The Morgan fingerprint density at radius 3 is 2.86 bits per heavy atom. The highest BCUT2D eigenvalue weighted by Gasteiger charge is 2.25. The van der Waals surface area contributed by atoms with Gasteiger partial charge in [-0.1, -0.05) is 12.1 Å². The number of rotatable bonds is 3. The van der Waals surface area contributed by atoms with Crippen molar-refractivity contribution in [3.8, 4) is 0 Å². The van der Waals surface area contributed by atoms with E-state index in [4.69, 9.17) is 5.73 Å². The van der Waals surface area contributed by atoms with Crippen LogP contribution in [-0.2, 0) is 0 Å². The van der Waals surface area contributed by atoms with E-state index in [2.05, 4.69) is 14.9 Å². The summed E-state index contributed by atoms with van der Waals surface area (Å²) in [6.45, 7) is 1.60. The van der Waals surface area contributed by atoms with E-state index >= 15 is 0 Å². The van der Waals surface area contributed by atoms with Crippen LogP contribution in [0.3, 0.4) is 0 Å². The van der Waals surface area contributed by atoms with Gasteiger partial charge in [0.05, 0.1) is 34.4 Å². The topological polar surface area (TPSA) is 97.0 Å². The zero-order chi connectivity index (χ0) is 20.0. The van der Waals surface area contributed by atoms with Crippen molar-refractivity contribution in [2.24, 2.45) is 5.73 Å². The molecule has 4 aromatic rings. The van der Waals surface area contributed by atoms with Crippen molar-refractivity contribution in [3.05, 3.63) is 70.9 Å². The van der Waals surface area contributed by atoms with Crippen molar-refractivity contribution in [2.45, 2.75) is 18.9 Å². The van der Waals surface area contributed by atoms with E-state index in [9.17, 15) is 9.59 Å². The van der Waals surface area contributed by atoms with Gasteiger partial charge in [0.15, 0.2) is 0 Å². The van der Waals surface area contributed by atoms with Crippen LogP contribution in [0.1, 0.15) is 29.2 Å². The first kappa shape index (κ1) is 17.5. The Kier molecular flexibility index (Phi) is 4.08. The zero-order valence-corrected chi connectivity index (χ0v) is 15.8. The van der Waals surface area contributed by atoms with Crippen molar-refractivity contribution in [1.82, 2.24) is 14.5 Å². The van der Waals surface area contributed by atoms with E-state index in [1.165, 1.54) is 0 Å². The summed E-state index contributed by atoms with van der Waals surface area (Å²) in [5, 5.41) is 1.61. The van der Waals surface area contributed by atoms with Crippen LogP contribution in [0.5, 0.6) is 0 Å². The van der Waals surface area contributed by atoms with Gasteiger partial charge in [-0.2, -0.15) is 0 Å². The molecule has 1 amide bonds. The van der Waals surface area contributed by atoms with E-state index in [1.807, 2.05) is 42.6 Å². The van der Waals surface area contributed by atoms with Crippen LogP contribution in [-0.4, -0.2) is 33.5 Å². The van der Waals surface area contributed by atoms with Crippen molar-refractivity contribution in [3.63, 3.8) is 0 Å². The molecule has 0 aliphatic carbocycles. The molecule has 7 nitrogen and oxygen atoms in total. The molecule has 0 radical (unpaired) electrons. The van der Waals surface area contributed by atoms with Crippen LogP contribution in [0.2, 0.25) is 0 Å². The number of amides is 1. The fourth-order valence-electron chi connectivity index (χ4n) is 4.37. The van der Waals surface area contributed by atoms with Crippen molar-refractivity contribution >= 4 is 33.4 Å². The fraction of sp³-hybridized carbons (Fsp3) is 0.227. The molecular weight excluding hydrogens is 366 g/mol. The number of primary amides is 1. The molecule has 3 N–H and O–H groups in total. The first-order valence-electron chi connectivity index (χ1n) is 9.74. The van der Waals surface area contributed by atoms with Crippen LogP contribution >= 0.6 is 0 Å². The number of carbonyl (C=O) groups excluding carboxylic acids is 1. The van der Waals surface area contributed by atoms with Crippen molar-refractivity contribution in [1.29, 1.82) is 0 Å². The molecule has 0 bridgehead atoms. The standard InChI is InChI=1S/C22H21N5O2/c23-21(28)17-7-8-19(16-9-10-24-20(16)17)26-11-3-4-14(12-26)27-13-25-18-6-2-1-5-15(18)22(27)29/h1-2,5-10,13-14,24H,3-4,11-12H2,(H2,23,28). The van der Waals surface area contributed by atoms with Gasteiger partial charge in [0.25, 0.3) is 11.5 Å². The molecule has 1 unspecified atom stereocenters. The minimum Gasteiger partial charge on any atom is -0.369 e. The molecule has 2 aromatic heterocycles. The second-order valence-corrected chi connectivity index (χ2v) is 7.48. The van der Waals surface area contributed by atoms with Gasteiger partial charge < -0.3 is 15.6 Å². The zero-order valence-electron chi connectivity index (χ0n) is 15.8. The Hall–Kier alpha value is -3.61. The van der Waals surface area contributed by atoms with Gasteiger partial charge in [-0.15, -0.1) is 0 Å². The fourth-order valence-corrected chi connectivity index (χ4v) is 4.37. The summed E-state index contributed by atoms with van der Waals surface area (Å²) in [6.07, 6.45) is 5.38. The van der Waals surface area contributed by atoms with Gasteiger partial charge in [0.2, 0.25) is 0 Å². The lowest BCUT2D eigenvalue weighted by Crippen LogP contribution is -2.40. The largest absolute Gasteiger partial charge is 0.369 e. The third kappa shape index (κ3) is 2.86. The quantitative estimate of drug-likeness (QED) is 0.565. The smallest absolute Gasteiger partial charge is 0.261 e. The maximum Gasteiger partial charge on any atom is 0.261 e. The van der Waals surface area contributed by atoms with E-state index in [-0.39, 0.29) is 11.6 Å². The normalized spacial score (nSPS) is 17.1. The number of hydrogen-bond acceptors (Lipinski definition) is 4. The Morgan fingerprint density at radius 2 is 2.00 bits per heavy atom. The number of nitrogens with two attached hydrogens (primary N) is 1. The lowest BCUT2D eigenvalue weighted by atomic mass is 10.0. The monoisotopic (exact) mass is 387 g/mol. The molecule has 1 saturated heterocycles. The average molecular weight is 387 g/mol. The summed E-state index contributed by atoms with van der Waals surface area (Å²) in [7, 11) is 0. The van der Waals surface area contributed by atoms with Gasteiger partial charge in [0.1, 0.15) is 0 Å². The molecule has 0 saturated carbocycles. The van der Waals surface area contributed by atoms with Crippen LogP contribution in [0.15, 0.2) is 59.8 Å². The third-order valence-electron chi connectivity index (χ3n) is 5.79. The predicted molar refractivity (Wildman–Crippen MR) is 113 cm³/mol. The highest BCUT2D eigenvalue weighted by molar-refractivity contribution is 6.08. The maximum absolute atomic E-state index is 13.0. The molecule has 2 aromatic carbocycles. The Bertz CT molecular complexity index is 1290. The summed E-state index contributed by atoms with van der Waals surface area (Å²) in [5.74, 6) is -0.450. The molecule has 1 atom stereocenters. The molecule has 1 aliphatic rings. The number of carbonyl (C=O) groups is 1. The number of anilines is 1. The first-order valence-corrected chi connectivity index (χ1v) is 9.74. The number of nitrogens with zero attached hydrogens (tertiary/aromatic N) is 3. The van der Waals surface area contributed by atoms with Gasteiger partial charge in [0, 0.05) is 30.4 Å². The lowest BCUT2D eigenvalue weighted by Gasteiger charge is -2.35. The number of para-hydroxylation sites is 1. The SMILES string of the molecule is NC(=O)c1ccc(N2CCCC(n3cnc4ccccc4c3=O)C2)c2cc[nH]c12. The Labute approximate surface area is 166 Å². The van der Waals surface area contributed by atoms with E-state index in [0.29, 0.717) is 17.5 Å². The summed E-state index contributed by atoms with van der Waals surface area (Å²) >= 11 is 0. The highest BCUT2D eigenvalue weighted by Crippen LogP contribution is 2.32. The number of nitrogens with one attached hydrogen (secondary N) is 1. The van der Waals surface area contributed by atoms with Crippen molar-refractivity contribution < 1.29 is 4.79 Å². The second-order valence-electron chi connectivity index (χ2n) is 7.48. The molecule has 1 fully saturated rings. The van der Waals surface area contributed by atoms with Gasteiger partial charge in [-0.05, 0) is 43.2 Å². The van der Waals surface area contributed by atoms with Crippen LogP contribution in [0.4, 0.5) is 5.69 Å².